The van der Waals surface area contributed by atoms with Gasteiger partial charge in [0.15, 0.2) is 4.34 Å². The number of nitrogens with zero attached hydrogens (tertiary/aromatic N) is 3. The second-order valence-corrected chi connectivity index (χ2v) is 12.2. The zero-order chi connectivity index (χ0) is 27.3. The predicted octanol–water partition coefficient (Wildman–Crippen LogP) is 6.34. The van der Waals surface area contributed by atoms with Crippen molar-refractivity contribution in [3.8, 4) is 0 Å². The Kier molecular flexibility index (Phi) is 8.61. The fourth-order valence-electron chi connectivity index (χ4n) is 3.23. The molecule has 0 spiro atoms. The molecule has 7 nitrogen and oxygen atoms in total. The van der Waals surface area contributed by atoms with Crippen LogP contribution in [0.4, 0.5) is 24.0 Å². The summed E-state index contributed by atoms with van der Waals surface area (Å²) in [6.07, 6.45) is -4.76. The lowest BCUT2D eigenvalue weighted by Gasteiger charge is -2.25. The Balaban J connectivity index is 1.58. The second-order valence-electron chi connectivity index (χ2n) is 7.68. The molecule has 0 saturated carbocycles. The van der Waals surface area contributed by atoms with Gasteiger partial charge in [0.2, 0.25) is 11.0 Å². The molecule has 0 fully saturated rings. The maximum absolute atomic E-state index is 13.4. The summed E-state index contributed by atoms with van der Waals surface area (Å²) in [5.74, 6) is -0.214. The third-order valence-electron chi connectivity index (χ3n) is 5.02. The van der Waals surface area contributed by atoms with Gasteiger partial charge in [-0.25, -0.2) is 8.42 Å². The monoisotopic (exact) mass is 598 g/mol. The van der Waals surface area contributed by atoms with Crippen LogP contribution in [0.2, 0.25) is 5.02 Å². The molecule has 0 aliphatic rings. The molecule has 0 saturated heterocycles. The lowest BCUT2D eigenvalue weighted by atomic mass is 10.2. The summed E-state index contributed by atoms with van der Waals surface area (Å²) in [5, 5.41) is 10.2. The summed E-state index contributed by atoms with van der Waals surface area (Å²) < 4.78 is 68.2. The molecule has 0 atom stereocenters. The van der Waals surface area contributed by atoms with Crippen LogP contribution >= 0.6 is 34.7 Å². The zero-order valence-electron chi connectivity index (χ0n) is 19.2. The molecule has 198 valence electrons. The number of hydrogen-bond donors (Lipinski definition) is 1. The van der Waals surface area contributed by atoms with E-state index in [2.05, 4.69) is 15.5 Å². The van der Waals surface area contributed by atoms with Crippen molar-refractivity contribution in [1.82, 2.24) is 10.2 Å². The van der Waals surface area contributed by atoms with E-state index in [9.17, 15) is 26.4 Å². The van der Waals surface area contributed by atoms with Crippen molar-refractivity contribution in [1.29, 1.82) is 0 Å². The fraction of sp³-hybridized carbons (Fsp3) is 0.125. The molecule has 14 heteroatoms. The number of alkyl halides is 3. The number of hydrogen-bond acceptors (Lipinski definition) is 7. The normalized spacial score (nSPS) is 11.8. The summed E-state index contributed by atoms with van der Waals surface area (Å²) in [6.45, 7) is -0.857. The molecule has 4 rings (SSSR count). The highest BCUT2D eigenvalue weighted by atomic mass is 35.5. The maximum atomic E-state index is 13.4. The highest BCUT2D eigenvalue weighted by Gasteiger charge is 2.34. The number of aromatic nitrogens is 2. The molecule has 0 aliphatic carbocycles. The molecule has 0 unspecified atom stereocenters. The van der Waals surface area contributed by atoms with E-state index in [4.69, 9.17) is 11.6 Å². The summed E-state index contributed by atoms with van der Waals surface area (Å²) in [7, 11) is -4.48. The van der Waals surface area contributed by atoms with Crippen LogP contribution in [0.5, 0.6) is 0 Å². The van der Waals surface area contributed by atoms with Crippen molar-refractivity contribution < 1.29 is 26.4 Å². The molecule has 0 radical (unpaired) electrons. The van der Waals surface area contributed by atoms with Gasteiger partial charge in [0.25, 0.3) is 10.0 Å². The topological polar surface area (TPSA) is 92.3 Å². The summed E-state index contributed by atoms with van der Waals surface area (Å²) in [6, 6.07) is 18.9. The predicted molar refractivity (Wildman–Crippen MR) is 142 cm³/mol. The number of sulfonamides is 1. The molecule has 1 N–H and O–H groups in total. The maximum Gasteiger partial charge on any atom is 0.416 e. The van der Waals surface area contributed by atoms with Gasteiger partial charge in [0.05, 0.1) is 21.2 Å². The minimum atomic E-state index is -4.76. The number of rotatable bonds is 9. The smallest absolute Gasteiger partial charge is 0.299 e. The largest absolute Gasteiger partial charge is 0.416 e. The van der Waals surface area contributed by atoms with Crippen LogP contribution in [-0.2, 0) is 26.7 Å². The first-order valence-electron chi connectivity index (χ1n) is 10.8. The number of thioether (sulfide) groups is 1. The third kappa shape index (κ3) is 6.84. The van der Waals surface area contributed by atoms with E-state index in [-0.39, 0.29) is 15.0 Å². The molecule has 1 heterocycles. The van der Waals surface area contributed by atoms with Crippen molar-refractivity contribution >= 4 is 61.4 Å². The number of benzene rings is 3. The molecular weight excluding hydrogens is 581 g/mol. The molecular formula is C24H18ClF3N4O3S3. The summed E-state index contributed by atoms with van der Waals surface area (Å²) >= 11 is 8.62. The van der Waals surface area contributed by atoms with Gasteiger partial charge < -0.3 is 0 Å². The number of carbonyl (C=O) groups excluding carboxylic acids is 1. The van der Waals surface area contributed by atoms with Crippen molar-refractivity contribution in [2.24, 2.45) is 0 Å². The number of carbonyl (C=O) groups is 1. The highest BCUT2D eigenvalue weighted by Crippen LogP contribution is 2.37. The van der Waals surface area contributed by atoms with Crippen LogP contribution in [-0.4, -0.2) is 31.1 Å². The molecule has 4 aromatic rings. The second kappa shape index (κ2) is 11.7. The van der Waals surface area contributed by atoms with Gasteiger partial charge in [0.1, 0.15) is 6.54 Å². The van der Waals surface area contributed by atoms with Gasteiger partial charge >= 0.3 is 6.18 Å². The molecule has 1 amide bonds. The first-order chi connectivity index (χ1) is 18.0. The number of nitrogens with one attached hydrogen (secondary N) is 1. The van der Waals surface area contributed by atoms with E-state index in [0.29, 0.717) is 20.5 Å². The third-order valence-corrected chi connectivity index (χ3v) is 9.16. The van der Waals surface area contributed by atoms with E-state index in [1.54, 1.807) is 6.07 Å². The number of halogens is 4. The summed E-state index contributed by atoms with van der Waals surface area (Å²) in [4.78, 5) is 12.7. The Bertz CT molecular complexity index is 1520. The average Bonchev–Trinajstić information content (AvgIpc) is 3.34. The van der Waals surface area contributed by atoms with Crippen LogP contribution in [0.1, 0.15) is 11.1 Å². The SMILES string of the molecule is O=C(CN(c1cc(C(F)(F)F)ccc1Cl)S(=O)(=O)c1ccccc1)Nc1nnc(SCc2ccccc2)s1. The van der Waals surface area contributed by atoms with Crippen LogP contribution in [0.3, 0.4) is 0 Å². The minimum Gasteiger partial charge on any atom is -0.299 e. The molecule has 1 aromatic heterocycles. The van der Waals surface area contributed by atoms with E-state index >= 15 is 0 Å². The minimum absolute atomic E-state index is 0.109. The van der Waals surface area contributed by atoms with Crippen molar-refractivity contribution in [2.45, 2.75) is 21.2 Å². The van der Waals surface area contributed by atoms with E-state index in [1.165, 1.54) is 36.0 Å². The van der Waals surface area contributed by atoms with Crippen LogP contribution in [0, 0.1) is 0 Å². The number of amides is 1. The van der Waals surface area contributed by atoms with E-state index in [1.807, 2.05) is 30.3 Å². The fourth-order valence-corrected chi connectivity index (χ4v) is 6.67. The average molecular weight is 599 g/mol. The first-order valence-corrected chi connectivity index (χ1v) is 14.4. The standard InChI is InChI=1S/C24H18ClF3N4O3S3/c25-19-12-11-17(24(26,27)28)13-20(19)32(38(34,35)18-9-5-2-6-10-18)14-21(33)29-22-30-31-23(37-22)36-15-16-7-3-1-4-8-16/h1-13H,14-15H2,(H,29,30,33). The van der Waals surface area contributed by atoms with Gasteiger partial charge in [0, 0.05) is 5.75 Å². The van der Waals surface area contributed by atoms with Crippen LogP contribution < -0.4 is 9.62 Å². The lowest BCUT2D eigenvalue weighted by Crippen LogP contribution is -2.38. The Morgan fingerprint density at radius 1 is 1.00 bits per heavy atom. The Labute approximate surface area is 229 Å². The molecule has 0 bridgehead atoms. The van der Waals surface area contributed by atoms with Crippen LogP contribution in [0.25, 0.3) is 0 Å². The van der Waals surface area contributed by atoms with Gasteiger partial charge in [-0.3, -0.25) is 14.4 Å². The van der Waals surface area contributed by atoms with E-state index < -0.39 is 39.9 Å². The number of anilines is 2. The molecule has 38 heavy (non-hydrogen) atoms. The molecule has 0 aliphatic heterocycles. The Morgan fingerprint density at radius 3 is 2.32 bits per heavy atom. The Hall–Kier alpha value is -3.13. The van der Waals surface area contributed by atoms with Gasteiger partial charge in [-0.2, -0.15) is 13.2 Å². The summed E-state index contributed by atoms with van der Waals surface area (Å²) in [5.41, 5.74) is -0.537. The quantitative estimate of drug-likeness (QED) is 0.179. The van der Waals surface area contributed by atoms with Crippen LogP contribution in [0.15, 0.2) is 88.1 Å². The van der Waals surface area contributed by atoms with Gasteiger partial charge in [-0.1, -0.05) is 83.2 Å². The zero-order valence-corrected chi connectivity index (χ0v) is 22.4. The lowest BCUT2D eigenvalue weighted by molar-refractivity contribution is -0.137. The highest BCUT2D eigenvalue weighted by molar-refractivity contribution is 8.00. The Morgan fingerprint density at radius 2 is 1.66 bits per heavy atom. The molecule has 3 aromatic carbocycles. The van der Waals surface area contributed by atoms with Gasteiger partial charge in [-0.05, 0) is 35.9 Å². The van der Waals surface area contributed by atoms with Crippen molar-refractivity contribution in [2.75, 3.05) is 16.2 Å². The van der Waals surface area contributed by atoms with Crippen molar-refractivity contribution in [3.63, 3.8) is 0 Å². The van der Waals surface area contributed by atoms with Gasteiger partial charge in [-0.15, -0.1) is 10.2 Å². The van der Waals surface area contributed by atoms with E-state index in [0.717, 1.165) is 29.0 Å². The first kappa shape index (κ1) is 27.9. The van der Waals surface area contributed by atoms with Crippen molar-refractivity contribution in [3.05, 3.63) is 95.0 Å².